The maximum absolute atomic E-state index is 11.1. The maximum atomic E-state index is 11.1. The van der Waals surface area contributed by atoms with Gasteiger partial charge < -0.3 is 10.4 Å². The van der Waals surface area contributed by atoms with E-state index in [-0.39, 0.29) is 12.5 Å². The number of nitrogens with one attached hydrogen (secondary N) is 1. The zero-order valence-corrected chi connectivity index (χ0v) is 8.73. The van der Waals surface area contributed by atoms with E-state index in [1.807, 2.05) is 24.3 Å². The summed E-state index contributed by atoms with van der Waals surface area (Å²) in [5, 5.41) is 11.6. The average Bonchev–Trinajstić information content (AvgIpc) is 2.27. The van der Waals surface area contributed by atoms with E-state index in [2.05, 4.69) is 5.32 Å². The first-order chi connectivity index (χ1) is 7.26. The highest BCUT2D eigenvalue weighted by atomic mass is 16.3. The Bertz CT molecular complexity index is 341. The molecular weight excluding hydrogens is 190 g/mol. The quantitative estimate of drug-likeness (QED) is 0.729. The van der Waals surface area contributed by atoms with Gasteiger partial charge in [0.2, 0.25) is 5.91 Å². The molecule has 0 aliphatic rings. The molecule has 0 bridgehead atoms. The fourth-order valence-corrected chi connectivity index (χ4v) is 1.16. The summed E-state index contributed by atoms with van der Waals surface area (Å²) in [4.78, 5) is 11.1. The van der Waals surface area contributed by atoms with Crippen LogP contribution in [0, 0.1) is 0 Å². The van der Waals surface area contributed by atoms with Gasteiger partial charge in [-0.15, -0.1) is 0 Å². The van der Waals surface area contributed by atoms with Gasteiger partial charge in [-0.1, -0.05) is 30.3 Å². The van der Waals surface area contributed by atoms with Gasteiger partial charge in [-0.2, -0.15) is 0 Å². The minimum Gasteiger partial charge on any atom is -0.392 e. The fraction of sp³-hybridized carbons (Fsp3) is 0.250. The topological polar surface area (TPSA) is 49.3 Å². The SMILES string of the molecule is C/C=C/C(=O)NCc1ccc(CO)cc1. The number of aliphatic hydroxyl groups excluding tert-OH is 1. The Kier molecular flexibility index (Phi) is 4.57. The Balaban J connectivity index is 2.47. The van der Waals surface area contributed by atoms with Crippen LogP contribution in [0.2, 0.25) is 0 Å². The molecule has 0 aliphatic carbocycles. The van der Waals surface area contributed by atoms with E-state index in [1.165, 1.54) is 6.08 Å². The Labute approximate surface area is 89.4 Å². The molecule has 80 valence electrons. The van der Waals surface area contributed by atoms with Gasteiger partial charge in [0, 0.05) is 6.54 Å². The molecule has 0 fully saturated rings. The molecule has 0 heterocycles. The zero-order valence-electron chi connectivity index (χ0n) is 8.73. The Hall–Kier alpha value is -1.61. The van der Waals surface area contributed by atoms with Crippen LogP contribution in [0.4, 0.5) is 0 Å². The molecule has 0 saturated heterocycles. The summed E-state index contributed by atoms with van der Waals surface area (Å²) in [7, 11) is 0. The summed E-state index contributed by atoms with van der Waals surface area (Å²) in [6.45, 7) is 2.36. The summed E-state index contributed by atoms with van der Waals surface area (Å²) < 4.78 is 0. The van der Waals surface area contributed by atoms with Crippen LogP contribution in [-0.4, -0.2) is 11.0 Å². The average molecular weight is 205 g/mol. The van der Waals surface area contributed by atoms with Gasteiger partial charge >= 0.3 is 0 Å². The van der Waals surface area contributed by atoms with Gasteiger partial charge in [-0.05, 0) is 24.1 Å². The lowest BCUT2D eigenvalue weighted by Crippen LogP contribution is -2.20. The normalized spacial score (nSPS) is 10.5. The van der Waals surface area contributed by atoms with Gasteiger partial charge in [0.05, 0.1) is 6.61 Å². The van der Waals surface area contributed by atoms with Crippen molar-refractivity contribution in [3.05, 3.63) is 47.5 Å². The number of hydrogen-bond donors (Lipinski definition) is 2. The van der Waals surface area contributed by atoms with Crippen LogP contribution in [0.5, 0.6) is 0 Å². The first kappa shape index (κ1) is 11.5. The van der Waals surface area contributed by atoms with E-state index in [4.69, 9.17) is 5.11 Å². The number of aliphatic hydroxyl groups is 1. The predicted molar refractivity (Wildman–Crippen MR) is 59.0 cm³/mol. The molecule has 0 atom stereocenters. The largest absolute Gasteiger partial charge is 0.392 e. The van der Waals surface area contributed by atoms with Crippen molar-refractivity contribution in [3.8, 4) is 0 Å². The second-order valence-electron chi connectivity index (χ2n) is 3.19. The lowest BCUT2D eigenvalue weighted by atomic mass is 10.1. The van der Waals surface area contributed by atoms with Gasteiger partial charge in [-0.25, -0.2) is 0 Å². The van der Waals surface area contributed by atoms with Crippen molar-refractivity contribution in [3.63, 3.8) is 0 Å². The van der Waals surface area contributed by atoms with Gasteiger partial charge in [0.25, 0.3) is 0 Å². The van der Waals surface area contributed by atoms with Crippen molar-refractivity contribution in [1.29, 1.82) is 0 Å². The molecule has 0 radical (unpaired) electrons. The number of carbonyl (C=O) groups is 1. The maximum Gasteiger partial charge on any atom is 0.243 e. The first-order valence-electron chi connectivity index (χ1n) is 4.85. The Morgan fingerprint density at radius 1 is 1.33 bits per heavy atom. The first-order valence-corrected chi connectivity index (χ1v) is 4.85. The third kappa shape index (κ3) is 3.95. The van der Waals surface area contributed by atoms with Crippen molar-refractivity contribution < 1.29 is 9.90 Å². The van der Waals surface area contributed by atoms with Crippen LogP contribution in [0.1, 0.15) is 18.1 Å². The minimum absolute atomic E-state index is 0.0468. The van der Waals surface area contributed by atoms with Crippen molar-refractivity contribution in [2.45, 2.75) is 20.1 Å². The number of hydrogen-bond acceptors (Lipinski definition) is 2. The van der Waals surface area contributed by atoms with E-state index in [9.17, 15) is 4.79 Å². The molecule has 0 aromatic heterocycles. The van der Waals surface area contributed by atoms with E-state index >= 15 is 0 Å². The third-order valence-electron chi connectivity index (χ3n) is 1.99. The smallest absolute Gasteiger partial charge is 0.243 e. The summed E-state index contributed by atoms with van der Waals surface area (Å²) in [5.41, 5.74) is 1.89. The molecular formula is C12H15NO2. The molecule has 0 aliphatic heterocycles. The number of allylic oxidation sites excluding steroid dienone is 1. The highest BCUT2D eigenvalue weighted by molar-refractivity contribution is 5.87. The highest BCUT2D eigenvalue weighted by Gasteiger charge is 1.96. The van der Waals surface area contributed by atoms with Crippen LogP contribution < -0.4 is 5.32 Å². The fourth-order valence-electron chi connectivity index (χ4n) is 1.16. The lowest BCUT2D eigenvalue weighted by Gasteiger charge is -2.03. The van der Waals surface area contributed by atoms with Crippen LogP contribution in [-0.2, 0) is 17.9 Å². The van der Waals surface area contributed by atoms with Crippen LogP contribution in [0.25, 0.3) is 0 Å². The Morgan fingerprint density at radius 3 is 2.47 bits per heavy atom. The number of amides is 1. The van der Waals surface area contributed by atoms with Crippen molar-refractivity contribution in [1.82, 2.24) is 5.32 Å². The zero-order chi connectivity index (χ0) is 11.1. The molecule has 1 rings (SSSR count). The molecule has 0 spiro atoms. The molecule has 0 unspecified atom stereocenters. The molecule has 0 saturated carbocycles. The minimum atomic E-state index is -0.0938. The number of rotatable bonds is 4. The van der Waals surface area contributed by atoms with Crippen LogP contribution >= 0.6 is 0 Å². The molecule has 3 heteroatoms. The summed E-state index contributed by atoms with van der Waals surface area (Å²) in [6.07, 6.45) is 3.19. The van der Waals surface area contributed by atoms with E-state index in [0.29, 0.717) is 6.54 Å². The van der Waals surface area contributed by atoms with Gasteiger partial charge in [0.15, 0.2) is 0 Å². The summed E-state index contributed by atoms with van der Waals surface area (Å²) in [5.74, 6) is -0.0938. The lowest BCUT2D eigenvalue weighted by molar-refractivity contribution is -0.116. The summed E-state index contributed by atoms with van der Waals surface area (Å²) in [6, 6.07) is 7.47. The number of benzene rings is 1. The van der Waals surface area contributed by atoms with Gasteiger partial charge in [0.1, 0.15) is 0 Å². The van der Waals surface area contributed by atoms with Crippen molar-refractivity contribution >= 4 is 5.91 Å². The second-order valence-corrected chi connectivity index (χ2v) is 3.19. The second kappa shape index (κ2) is 5.98. The Morgan fingerprint density at radius 2 is 1.93 bits per heavy atom. The van der Waals surface area contributed by atoms with E-state index < -0.39 is 0 Å². The molecule has 1 amide bonds. The van der Waals surface area contributed by atoms with Crippen LogP contribution in [0.3, 0.4) is 0 Å². The number of carbonyl (C=O) groups excluding carboxylic acids is 1. The monoisotopic (exact) mass is 205 g/mol. The standard InChI is InChI=1S/C12H15NO2/c1-2-3-12(15)13-8-10-4-6-11(9-14)7-5-10/h2-7,14H,8-9H2,1H3,(H,13,15)/b3-2+. The van der Waals surface area contributed by atoms with Gasteiger partial charge in [-0.3, -0.25) is 4.79 Å². The van der Waals surface area contributed by atoms with Crippen LogP contribution in [0.15, 0.2) is 36.4 Å². The molecule has 3 nitrogen and oxygen atoms in total. The molecule has 1 aromatic carbocycles. The molecule has 1 aromatic rings. The van der Waals surface area contributed by atoms with E-state index in [0.717, 1.165) is 11.1 Å². The van der Waals surface area contributed by atoms with E-state index in [1.54, 1.807) is 13.0 Å². The molecule has 15 heavy (non-hydrogen) atoms. The van der Waals surface area contributed by atoms with Crippen molar-refractivity contribution in [2.24, 2.45) is 0 Å². The third-order valence-corrected chi connectivity index (χ3v) is 1.99. The predicted octanol–water partition coefficient (Wildman–Crippen LogP) is 1.37. The van der Waals surface area contributed by atoms with Crippen molar-refractivity contribution in [2.75, 3.05) is 0 Å². The summed E-state index contributed by atoms with van der Waals surface area (Å²) >= 11 is 0. The molecule has 2 N–H and O–H groups in total. The highest BCUT2D eigenvalue weighted by Crippen LogP contribution is 2.03.